The lowest BCUT2D eigenvalue weighted by Gasteiger charge is -2.12. The molecule has 0 aliphatic heterocycles. The number of aryl methyl sites for hydroxylation is 1. The molecule has 0 radical (unpaired) electrons. The number of amides is 1. The van der Waals surface area contributed by atoms with E-state index in [9.17, 15) is 4.79 Å². The smallest absolute Gasteiger partial charge is 0.248 e. The van der Waals surface area contributed by atoms with Crippen molar-refractivity contribution in [1.29, 1.82) is 0 Å². The number of halogens is 1. The largest absolute Gasteiger partial charge is 0.490 e. The van der Waals surface area contributed by atoms with Gasteiger partial charge < -0.3 is 14.8 Å². The number of unbranched alkanes of at least 4 members (excludes halogenated alkanes) is 2. The fourth-order valence-electron chi connectivity index (χ4n) is 2.89. The minimum atomic E-state index is -0.182. The van der Waals surface area contributed by atoms with Gasteiger partial charge in [0, 0.05) is 10.5 Å². The molecular formula is C25H32BrNO3. The van der Waals surface area contributed by atoms with E-state index in [4.69, 9.17) is 9.47 Å². The lowest BCUT2D eigenvalue weighted by atomic mass is 10.1. The first kappa shape index (κ1) is 24.0. The Bertz CT molecular complexity index is 848. The van der Waals surface area contributed by atoms with Gasteiger partial charge in [-0.2, -0.15) is 0 Å². The van der Waals surface area contributed by atoms with Crippen LogP contribution >= 0.6 is 15.9 Å². The zero-order valence-electron chi connectivity index (χ0n) is 18.2. The van der Waals surface area contributed by atoms with Crippen molar-refractivity contribution in [2.45, 2.75) is 52.9 Å². The average molecular weight is 474 g/mol. The Morgan fingerprint density at radius 3 is 2.50 bits per heavy atom. The first-order chi connectivity index (χ1) is 14.6. The van der Waals surface area contributed by atoms with Gasteiger partial charge in [0.1, 0.15) is 0 Å². The van der Waals surface area contributed by atoms with Crippen LogP contribution in [0.5, 0.6) is 11.5 Å². The van der Waals surface area contributed by atoms with Gasteiger partial charge in [0.2, 0.25) is 5.91 Å². The van der Waals surface area contributed by atoms with Gasteiger partial charge in [0.25, 0.3) is 0 Å². The monoisotopic (exact) mass is 473 g/mol. The maximum Gasteiger partial charge on any atom is 0.248 e. The predicted molar refractivity (Wildman–Crippen MR) is 128 cm³/mol. The van der Waals surface area contributed by atoms with Crippen molar-refractivity contribution in [3.63, 3.8) is 0 Å². The van der Waals surface area contributed by atoms with E-state index >= 15 is 0 Å². The second-order valence-corrected chi connectivity index (χ2v) is 7.94. The zero-order chi connectivity index (χ0) is 21.8. The molecule has 30 heavy (non-hydrogen) atoms. The molecule has 2 aromatic carbocycles. The molecule has 0 aliphatic carbocycles. The molecule has 2 rings (SSSR count). The molecule has 0 aromatic heterocycles. The van der Waals surface area contributed by atoms with E-state index in [0.29, 0.717) is 19.0 Å². The van der Waals surface area contributed by atoms with E-state index in [-0.39, 0.29) is 5.91 Å². The molecule has 0 heterocycles. The van der Waals surface area contributed by atoms with Crippen LogP contribution in [0.2, 0.25) is 0 Å². The number of anilines is 1. The fraction of sp³-hybridized carbons (Fsp3) is 0.400. The topological polar surface area (TPSA) is 47.6 Å². The van der Waals surface area contributed by atoms with Crippen LogP contribution < -0.4 is 14.8 Å². The van der Waals surface area contributed by atoms with E-state index in [1.165, 1.54) is 11.6 Å². The minimum Gasteiger partial charge on any atom is -0.490 e. The minimum absolute atomic E-state index is 0.182. The Morgan fingerprint density at radius 1 is 1.00 bits per heavy atom. The van der Waals surface area contributed by atoms with Gasteiger partial charge in [-0.1, -0.05) is 38.8 Å². The molecule has 0 saturated carbocycles. The van der Waals surface area contributed by atoms with E-state index in [0.717, 1.165) is 53.6 Å². The Morgan fingerprint density at radius 2 is 1.80 bits per heavy atom. The summed E-state index contributed by atoms with van der Waals surface area (Å²) in [6.07, 6.45) is 8.76. The van der Waals surface area contributed by atoms with E-state index in [1.54, 1.807) is 6.08 Å². The number of rotatable bonds is 12. The molecule has 0 fully saturated rings. The zero-order valence-corrected chi connectivity index (χ0v) is 19.8. The van der Waals surface area contributed by atoms with Gasteiger partial charge in [-0.05, 0) is 83.6 Å². The normalized spacial score (nSPS) is 10.9. The van der Waals surface area contributed by atoms with Crippen molar-refractivity contribution >= 4 is 33.6 Å². The van der Waals surface area contributed by atoms with Gasteiger partial charge in [-0.15, -0.1) is 0 Å². The summed E-state index contributed by atoms with van der Waals surface area (Å²) in [5.74, 6) is 1.25. The van der Waals surface area contributed by atoms with Crippen LogP contribution in [0, 0.1) is 0 Å². The van der Waals surface area contributed by atoms with E-state index in [2.05, 4.69) is 47.2 Å². The van der Waals surface area contributed by atoms with Gasteiger partial charge >= 0.3 is 0 Å². The second kappa shape index (κ2) is 13.1. The number of hydrogen-bond acceptors (Lipinski definition) is 3. The van der Waals surface area contributed by atoms with Crippen LogP contribution in [0.3, 0.4) is 0 Å². The molecule has 1 N–H and O–H groups in total. The van der Waals surface area contributed by atoms with Crippen LogP contribution in [0.1, 0.15) is 57.6 Å². The van der Waals surface area contributed by atoms with E-state index in [1.807, 2.05) is 31.2 Å². The Labute approximate surface area is 188 Å². The second-order valence-electron chi connectivity index (χ2n) is 7.08. The fourth-order valence-corrected chi connectivity index (χ4v) is 3.41. The van der Waals surface area contributed by atoms with Crippen molar-refractivity contribution in [2.24, 2.45) is 0 Å². The number of carbonyl (C=O) groups excluding carboxylic acids is 1. The summed E-state index contributed by atoms with van der Waals surface area (Å²) >= 11 is 3.55. The molecule has 162 valence electrons. The molecule has 0 unspecified atom stereocenters. The van der Waals surface area contributed by atoms with E-state index < -0.39 is 0 Å². The third-order valence-electron chi connectivity index (χ3n) is 4.56. The van der Waals surface area contributed by atoms with Gasteiger partial charge in [-0.3, -0.25) is 4.79 Å². The molecular weight excluding hydrogens is 442 g/mol. The molecule has 0 aliphatic rings. The predicted octanol–water partition coefficient (Wildman–Crippen LogP) is 7.02. The third kappa shape index (κ3) is 7.86. The van der Waals surface area contributed by atoms with Gasteiger partial charge in [0.05, 0.1) is 18.9 Å². The quantitative estimate of drug-likeness (QED) is 0.266. The molecule has 1 amide bonds. The summed E-state index contributed by atoms with van der Waals surface area (Å²) in [7, 11) is 0. The number of nitrogens with one attached hydrogen (secondary N) is 1. The molecule has 0 saturated heterocycles. The molecule has 5 heteroatoms. The lowest BCUT2D eigenvalue weighted by Crippen LogP contribution is -2.08. The van der Waals surface area contributed by atoms with Crippen LogP contribution in [0.25, 0.3) is 6.08 Å². The van der Waals surface area contributed by atoms with Crippen molar-refractivity contribution < 1.29 is 14.3 Å². The number of carbonyl (C=O) groups is 1. The third-order valence-corrected chi connectivity index (χ3v) is 5.22. The highest BCUT2D eigenvalue weighted by Crippen LogP contribution is 2.29. The van der Waals surface area contributed by atoms with Crippen molar-refractivity contribution in [1.82, 2.24) is 0 Å². The van der Waals surface area contributed by atoms with Crippen LogP contribution in [0.15, 0.2) is 46.9 Å². The summed E-state index contributed by atoms with van der Waals surface area (Å²) < 4.78 is 12.4. The average Bonchev–Trinajstić information content (AvgIpc) is 2.74. The Hall–Kier alpha value is -2.27. The summed E-state index contributed by atoms with van der Waals surface area (Å²) in [4.78, 5) is 12.4. The molecule has 0 spiro atoms. The van der Waals surface area contributed by atoms with Crippen LogP contribution in [0.4, 0.5) is 5.69 Å². The number of benzene rings is 2. The summed E-state index contributed by atoms with van der Waals surface area (Å²) in [5, 5.41) is 2.92. The standard InChI is InChI=1S/C25H32BrNO3/c1-4-7-9-19-10-13-22(21(26)17-19)27-25(28)15-12-20-11-14-23(30-16-8-5-2)24(18-20)29-6-3/h10-15,17-18H,4-9,16H2,1-3H3,(H,27,28)/b15-12+. The van der Waals surface area contributed by atoms with Crippen molar-refractivity contribution in [2.75, 3.05) is 18.5 Å². The Kier molecular flexibility index (Phi) is 10.5. The summed E-state index contributed by atoms with van der Waals surface area (Å²) in [6, 6.07) is 11.8. The summed E-state index contributed by atoms with van der Waals surface area (Å²) in [6.45, 7) is 7.48. The van der Waals surface area contributed by atoms with Crippen molar-refractivity contribution in [3.05, 3.63) is 58.1 Å². The molecule has 2 aromatic rings. The SMILES string of the molecule is CCCCOc1ccc(/C=C/C(=O)Nc2ccc(CCCC)cc2Br)cc1OCC. The molecule has 0 atom stereocenters. The molecule has 4 nitrogen and oxygen atoms in total. The highest BCUT2D eigenvalue weighted by Gasteiger charge is 2.07. The first-order valence-electron chi connectivity index (χ1n) is 10.7. The number of ether oxygens (including phenoxy) is 2. The highest BCUT2D eigenvalue weighted by atomic mass is 79.9. The summed E-state index contributed by atoms with van der Waals surface area (Å²) in [5.41, 5.74) is 2.91. The number of hydrogen-bond donors (Lipinski definition) is 1. The van der Waals surface area contributed by atoms with Gasteiger partial charge in [0.15, 0.2) is 11.5 Å². The lowest BCUT2D eigenvalue weighted by molar-refractivity contribution is -0.111. The van der Waals surface area contributed by atoms with Crippen LogP contribution in [-0.2, 0) is 11.2 Å². The maximum absolute atomic E-state index is 12.4. The first-order valence-corrected chi connectivity index (χ1v) is 11.5. The van der Waals surface area contributed by atoms with Gasteiger partial charge in [-0.25, -0.2) is 0 Å². The maximum atomic E-state index is 12.4. The van der Waals surface area contributed by atoms with Crippen LogP contribution in [-0.4, -0.2) is 19.1 Å². The molecule has 0 bridgehead atoms. The highest BCUT2D eigenvalue weighted by molar-refractivity contribution is 9.10. The Balaban J connectivity index is 2.02. The van der Waals surface area contributed by atoms with Crippen molar-refractivity contribution in [3.8, 4) is 11.5 Å².